The van der Waals surface area contributed by atoms with Gasteiger partial charge in [-0.25, -0.2) is 9.80 Å². The highest BCUT2D eigenvalue weighted by molar-refractivity contribution is 6.33. The van der Waals surface area contributed by atoms with Crippen molar-refractivity contribution in [3.63, 3.8) is 0 Å². The molecule has 0 saturated carbocycles. The Hall–Kier alpha value is -3.69. The maximum atomic E-state index is 12.8. The third-order valence-corrected chi connectivity index (χ3v) is 5.87. The van der Waals surface area contributed by atoms with E-state index in [2.05, 4.69) is 10.6 Å². The molecule has 0 saturated heterocycles. The van der Waals surface area contributed by atoms with Gasteiger partial charge >= 0.3 is 11.9 Å². The number of carboxylic acid groups (broad SMARTS) is 1. The molecule has 4 rings (SSSR count). The smallest absolute Gasteiger partial charge is 0.333 e. The maximum Gasteiger partial charge on any atom is 0.333 e. The topological polar surface area (TPSA) is 116 Å². The first-order chi connectivity index (χ1) is 17.3. The number of aliphatic hydroxyl groups excluding tert-OH is 1. The summed E-state index contributed by atoms with van der Waals surface area (Å²) in [5.74, 6) is -2.17. The molecule has 1 atom stereocenters. The highest BCUT2D eigenvalue weighted by Gasteiger charge is 2.23. The Kier molecular flexibility index (Phi) is 8.02. The van der Waals surface area contributed by atoms with Crippen molar-refractivity contribution < 1.29 is 24.3 Å². The lowest BCUT2D eigenvalue weighted by atomic mass is 10.0. The molecule has 0 aliphatic heterocycles. The number of aromatic nitrogens is 1. The minimum atomic E-state index is -1.72. The van der Waals surface area contributed by atoms with Gasteiger partial charge in [0.25, 0.3) is 0 Å². The van der Waals surface area contributed by atoms with Crippen molar-refractivity contribution in [2.24, 2.45) is 0 Å². The second-order valence-electron chi connectivity index (χ2n) is 7.94. The molecule has 1 amide bonds. The molecule has 1 aromatic heterocycles. The van der Waals surface area contributed by atoms with Crippen molar-refractivity contribution in [3.8, 4) is 22.4 Å². The van der Waals surface area contributed by atoms with Crippen LogP contribution in [0.5, 0.6) is 0 Å². The lowest BCUT2D eigenvalue weighted by Gasteiger charge is -2.24. The zero-order valence-corrected chi connectivity index (χ0v) is 20.3. The Morgan fingerprint density at radius 3 is 2.42 bits per heavy atom. The SMILES string of the molecule is O=C(NN(Cc1ccc(-c2cccc(Cl)c2)cc1)C[C@@H](O)C(=O)O)c1cc(-c2ccccc2Cl)no1. The number of hydrazine groups is 1. The minimum absolute atomic E-state index is 0.101. The predicted molar refractivity (Wildman–Crippen MR) is 135 cm³/mol. The Bertz CT molecular complexity index is 1370. The van der Waals surface area contributed by atoms with Gasteiger partial charge in [-0.05, 0) is 34.9 Å². The quantitative estimate of drug-likeness (QED) is 0.266. The van der Waals surface area contributed by atoms with Crippen LogP contribution in [0.15, 0.2) is 83.4 Å². The molecule has 3 N–H and O–H groups in total. The Morgan fingerprint density at radius 2 is 1.72 bits per heavy atom. The molecule has 1 heterocycles. The van der Waals surface area contributed by atoms with Crippen LogP contribution in [0.25, 0.3) is 22.4 Å². The van der Waals surface area contributed by atoms with Crippen molar-refractivity contribution in [2.75, 3.05) is 6.54 Å². The molecule has 0 aliphatic rings. The summed E-state index contributed by atoms with van der Waals surface area (Å²) in [7, 11) is 0. The van der Waals surface area contributed by atoms with Gasteiger partial charge in [0.2, 0.25) is 5.76 Å². The van der Waals surface area contributed by atoms with Crippen molar-refractivity contribution >= 4 is 35.1 Å². The molecular formula is C26H21Cl2N3O5. The summed E-state index contributed by atoms with van der Waals surface area (Å²) >= 11 is 12.3. The highest BCUT2D eigenvalue weighted by atomic mass is 35.5. The molecule has 36 heavy (non-hydrogen) atoms. The van der Waals surface area contributed by atoms with Crippen molar-refractivity contribution in [1.29, 1.82) is 0 Å². The first kappa shape index (κ1) is 25.4. The normalized spacial score (nSPS) is 11.9. The van der Waals surface area contributed by atoms with Gasteiger partial charge in [0, 0.05) is 23.2 Å². The van der Waals surface area contributed by atoms with Crippen LogP contribution < -0.4 is 5.43 Å². The lowest BCUT2D eigenvalue weighted by Crippen LogP contribution is -2.47. The fraction of sp³-hybridized carbons (Fsp3) is 0.115. The van der Waals surface area contributed by atoms with E-state index in [1.165, 1.54) is 11.1 Å². The molecule has 3 aromatic carbocycles. The largest absolute Gasteiger partial charge is 0.479 e. The van der Waals surface area contributed by atoms with Crippen LogP contribution >= 0.6 is 23.2 Å². The average molecular weight is 526 g/mol. The van der Waals surface area contributed by atoms with Crippen LogP contribution in [0.2, 0.25) is 10.0 Å². The molecule has 184 valence electrons. The van der Waals surface area contributed by atoms with Crippen LogP contribution in [-0.4, -0.2) is 44.9 Å². The fourth-order valence-corrected chi connectivity index (χ4v) is 3.93. The number of rotatable bonds is 9. The maximum absolute atomic E-state index is 12.8. The molecule has 0 radical (unpaired) electrons. The molecule has 0 bridgehead atoms. The first-order valence-electron chi connectivity index (χ1n) is 10.8. The molecule has 0 fully saturated rings. The van der Waals surface area contributed by atoms with Crippen LogP contribution in [0.4, 0.5) is 0 Å². The Balaban J connectivity index is 1.50. The molecular weight excluding hydrogens is 505 g/mol. The van der Waals surface area contributed by atoms with Crippen LogP contribution in [0, 0.1) is 0 Å². The highest BCUT2D eigenvalue weighted by Crippen LogP contribution is 2.27. The molecule has 10 heteroatoms. The second-order valence-corrected chi connectivity index (χ2v) is 8.78. The van der Waals surface area contributed by atoms with Crippen molar-refractivity contribution in [2.45, 2.75) is 12.6 Å². The monoisotopic (exact) mass is 525 g/mol. The third kappa shape index (κ3) is 6.30. The summed E-state index contributed by atoms with van der Waals surface area (Å²) in [5, 5.41) is 25.3. The number of hydrogen-bond donors (Lipinski definition) is 3. The van der Waals surface area contributed by atoms with Gasteiger partial charge in [0.15, 0.2) is 6.10 Å². The van der Waals surface area contributed by atoms with Gasteiger partial charge in [-0.3, -0.25) is 10.2 Å². The number of hydrogen-bond acceptors (Lipinski definition) is 6. The van der Waals surface area contributed by atoms with Crippen LogP contribution in [0.3, 0.4) is 0 Å². The zero-order valence-electron chi connectivity index (χ0n) is 18.8. The number of benzene rings is 3. The van der Waals surface area contributed by atoms with Crippen LogP contribution in [0.1, 0.15) is 16.1 Å². The van der Waals surface area contributed by atoms with E-state index in [9.17, 15) is 14.7 Å². The number of aliphatic carboxylic acids is 1. The van der Waals surface area contributed by atoms with Gasteiger partial charge in [-0.15, -0.1) is 0 Å². The van der Waals surface area contributed by atoms with E-state index in [1.807, 2.05) is 42.5 Å². The standard InChI is InChI=1S/C26H21Cl2N3O5/c27-19-5-3-4-18(12-19)17-10-8-16(9-11-17)14-31(15-23(32)26(34)35)29-25(33)24-13-22(30-36-24)20-6-1-2-7-21(20)28/h1-13,23,32H,14-15H2,(H,29,33)(H,34,35)/t23-/m1/s1. The number of aliphatic hydroxyl groups is 1. The van der Waals surface area contributed by atoms with E-state index in [0.29, 0.717) is 21.3 Å². The first-order valence-corrected chi connectivity index (χ1v) is 11.6. The molecule has 0 unspecified atom stereocenters. The number of carbonyl (C=O) groups is 2. The predicted octanol–water partition coefficient (Wildman–Crippen LogP) is 4.91. The van der Waals surface area contributed by atoms with E-state index >= 15 is 0 Å². The molecule has 0 aliphatic carbocycles. The molecule has 4 aromatic rings. The summed E-state index contributed by atoms with van der Waals surface area (Å²) in [6.45, 7) is -0.236. The number of carboxylic acids is 1. The van der Waals surface area contributed by atoms with E-state index in [1.54, 1.807) is 30.3 Å². The van der Waals surface area contributed by atoms with Gasteiger partial charge in [0.1, 0.15) is 5.69 Å². The fourth-order valence-electron chi connectivity index (χ4n) is 3.50. The number of amides is 1. The van der Waals surface area contributed by atoms with Crippen LogP contribution in [-0.2, 0) is 11.3 Å². The zero-order chi connectivity index (χ0) is 25.7. The van der Waals surface area contributed by atoms with Gasteiger partial charge in [-0.1, -0.05) is 83.0 Å². The Labute approximate surface area is 216 Å². The number of nitrogens with zero attached hydrogens (tertiary/aromatic N) is 2. The third-order valence-electron chi connectivity index (χ3n) is 5.31. The second kappa shape index (κ2) is 11.4. The lowest BCUT2D eigenvalue weighted by molar-refractivity contribution is -0.148. The van der Waals surface area contributed by atoms with E-state index in [4.69, 9.17) is 32.8 Å². The molecule has 8 nitrogen and oxygen atoms in total. The summed E-state index contributed by atoms with van der Waals surface area (Å²) in [5.41, 5.74) is 6.22. The summed E-state index contributed by atoms with van der Waals surface area (Å²) in [6, 6.07) is 23.3. The number of nitrogens with one attached hydrogen (secondary N) is 1. The summed E-state index contributed by atoms with van der Waals surface area (Å²) < 4.78 is 5.18. The van der Waals surface area contributed by atoms with Gasteiger partial charge in [0.05, 0.1) is 11.6 Å². The van der Waals surface area contributed by atoms with Crippen molar-refractivity contribution in [1.82, 2.24) is 15.6 Å². The van der Waals surface area contributed by atoms with Crippen molar-refractivity contribution in [3.05, 3.63) is 100 Å². The summed E-state index contributed by atoms with van der Waals surface area (Å²) in [4.78, 5) is 24.1. The van der Waals surface area contributed by atoms with Gasteiger partial charge in [-0.2, -0.15) is 0 Å². The van der Waals surface area contributed by atoms with E-state index < -0.39 is 18.0 Å². The van der Waals surface area contributed by atoms with E-state index in [-0.39, 0.29) is 18.8 Å². The van der Waals surface area contributed by atoms with E-state index in [0.717, 1.165) is 16.7 Å². The average Bonchev–Trinajstić information content (AvgIpc) is 3.35. The Morgan fingerprint density at radius 1 is 0.972 bits per heavy atom. The minimum Gasteiger partial charge on any atom is -0.479 e. The number of halogens is 2. The van der Waals surface area contributed by atoms with Gasteiger partial charge < -0.3 is 14.7 Å². The number of carbonyl (C=O) groups excluding carboxylic acids is 1. The molecule has 0 spiro atoms. The summed E-state index contributed by atoms with van der Waals surface area (Å²) in [6.07, 6.45) is -1.72.